The Labute approximate surface area is 133 Å². The minimum atomic E-state index is -0.844. The van der Waals surface area contributed by atoms with E-state index >= 15 is 0 Å². The zero-order valence-electron chi connectivity index (χ0n) is 14.0. The van der Waals surface area contributed by atoms with E-state index in [1.807, 2.05) is 0 Å². The summed E-state index contributed by atoms with van der Waals surface area (Å²) in [6, 6.07) is 0. The summed E-state index contributed by atoms with van der Waals surface area (Å²) in [5.41, 5.74) is -0.343. The highest BCUT2D eigenvalue weighted by Gasteiger charge is 2.42. The molecule has 1 N–H and O–H groups in total. The Morgan fingerprint density at radius 3 is 2.18 bits per heavy atom. The number of rotatable bonds is 5. The van der Waals surface area contributed by atoms with Gasteiger partial charge in [-0.05, 0) is 50.9 Å². The van der Waals surface area contributed by atoms with Crippen molar-refractivity contribution in [2.45, 2.75) is 83.7 Å². The topological polar surface area (TPSA) is 63.6 Å². The molecule has 0 heterocycles. The molecule has 0 aromatic heterocycles. The van der Waals surface area contributed by atoms with Gasteiger partial charge in [0.15, 0.2) is 0 Å². The van der Waals surface area contributed by atoms with Gasteiger partial charge in [-0.3, -0.25) is 9.59 Å². The first-order chi connectivity index (χ1) is 10.4. The predicted octanol–water partition coefficient (Wildman–Crippen LogP) is 4.17. The molecule has 0 aromatic carbocycles. The average Bonchev–Trinajstić information content (AvgIpc) is 2.47. The molecule has 2 aliphatic carbocycles. The normalized spacial score (nSPS) is 28.3. The van der Waals surface area contributed by atoms with Crippen molar-refractivity contribution in [1.29, 1.82) is 0 Å². The fourth-order valence-corrected chi connectivity index (χ4v) is 4.29. The fourth-order valence-electron chi connectivity index (χ4n) is 4.29. The van der Waals surface area contributed by atoms with Gasteiger partial charge in [-0.25, -0.2) is 0 Å². The molecule has 2 unspecified atom stereocenters. The molecule has 0 radical (unpaired) electrons. The minimum Gasteiger partial charge on any atom is -0.481 e. The lowest BCUT2D eigenvalue weighted by Crippen LogP contribution is -2.43. The van der Waals surface area contributed by atoms with Crippen LogP contribution in [0.2, 0.25) is 0 Å². The highest BCUT2D eigenvalue weighted by atomic mass is 16.6. The predicted molar refractivity (Wildman–Crippen MR) is 84.4 cm³/mol. The van der Waals surface area contributed by atoms with E-state index in [2.05, 4.69) is 13.8 Å². The summed E-state index contributed by atoms with van der Waals surface area (Å²) in [6.45, 7) is 4.32. The van der Waals surface area contributed by atoms with E-state index in [1.165, 1.54) is 6.42 Å². The van der Waals surface area contributed by atoms with Crippen LogP contribution in [0.5, 0.6) is 0 Å². The van der Waals surface area contributed by atoms with Crippen molar-refractivity contribution in [2.75, 3.05) is 0 Å². The number of carbonyl (C=O) groups is 2. The molecule has 126 valence electrons. The molecule has 0 saturated heterocycles. The fraction of sp³-hybridized carbons (Fsp3) is 0.889. The van der Waals surface area contributed by atoms with Gasteiger partial charge in [-0.15, -0.1) is 0 Å². The largest absolute Gasteiger partial charge is 0.481 e. The van der Waals surface area contributed by atoms with E-state index in [-0.39, 0.29) is 11.6 Å². The number of aliphatic carboxylic acids is 1. The van der Waals surface area contributed by atoms with Crippen LogP contribution in [-0.2, 0) is 14.3 Å². The Hall–Kier alpha value is -1.06. The summed E-state index contributed by atoms with van der Waals surface area (Å²) in [5.74, 6) is -1.62. The standard InChI is InChI=1S/C18H30O4/c1-13(2)12-18(10-6-3-7-11-18)22-17(21)15-9-5-4-8-14(15)16(19)20/h13-15H,3-12H2,1-2H3,(H,19,20). The van der Waals surface area contributed by atoms with Crippen LogP contribution in [0.3, 0.4) is 0 Å². The lowest BCUT2D eigenvalue weighted by atomic mass is 9.77. The third-order valence-electron chi connectivity index (χ3n) is 5.25. The van der Waals surface area contributed by atoms with E-state index in [0.717, 1.165) is 44.9 Å². The lowest BCUT2D eigenvalue weighted by Gasteiger charge is -2.40. The maximum Gasteiger partial charge on any atom is 0.310 e. The van der Waals surface area contributed by atoms with Crippen molar-refractivity contribution in [2.24, 2.45) is 17.8 Å². The quantitative estimate of drug-likeness (QED) is 0.774. The molecule has 0 bridgehead atoms. The summed E-state index contributed by atoms with van der Waals surface area (Å²) in [4.78, 5) is 24.1. The molecule has 2 aliphatic rings. The summed E-state index contributed by atoms with van der Waals surface area (Å²) in [7, 11) is 0. The third-order valence-corrected chi connectivity index (χ3v) is 5.25. The number of esters is 1. The Morgan fingerprint density at radius 2 is 1.64 bits per heavy atom. The summed E-state index contributed by atoms with van der Waals surface area (Å²) in [6.07, 6.45) is 9.27. The zero-order chi connectivity index (χ0) is 16.2. The number of hydrogen-bond acceptors (Lipinski definition) is 3. The van der Waals surface area contributed by atoms with Crippen molar-refractivity contribution in [3.05, 3.63) is 0 Å². The molecule has 0 spiro atoms. The average molecular weight is 310 g/mol. The van der Waals surface area contributed by atoms with Crippen LogP contribution < -0.4 is 0 Å². The van der Waals surface area contributed by atoms with Crippen molar-refractivity contribution < 1.29 is 19.4 Å². The molecule has 22 heavy (non-hydrogen) atoms. The molecule has 0 aliphatic heterocycles. The van der Waals surface area contributed by atoms with Gasteiger partial charge in [-0.1, -0.05) is 33.1 Å². The second kappa shape index (κ2) is 7.47. The van der Waals surface area contributed by atoms with Crippen molar-refractivity contribution in [1.82, 2.24) is 0 Å². The number of carbonyl (C=O) groups excluding carboxylic acids is 1. The van der Waals surface area contributed by atoms with Crippen LogP contribution in [0.25, 0.3) is 0 Å². The Balaban J connectivity index is 2.07. The summed E-state index contributed by atoms with van der Waals surface area (Å²) >= 11 is 0. The van der Waals surface area contributed by atoms with E-state index < -0.39 is 17.8 Å². The van der Waals surface area contributed by atoms with Gasteiger partial charge in [0.1, 0.15) is 5.60 Å². The molecule has 2 atom stereocenters. The molecule has 0 amide bonds. The minimum absolute atomic E-state index is 0.255. The lowest BCUT2D eigenvalue weighted by molar-refractivity contribution is -0.177. The van der Waals surface area contributed by atoms with Gasteiger partial charge in [0.05, 0.1) is 11.8 Å². The number of carboxylic acid groups (broad SMARTS) is 1. The Bertz CT molecular complexity index is 396. The smallest absolute Gasteiger partial charge is 0.310 e. The van der Waals surface area contributed by atoms with Crippen LogP contribution >= 0.6 is 0 Å². The zero-order valence-corrected chi connectivity index (χ0v) is 14.0. The molecule has 0 aromatic rings. The third kappa shape index (κ3) is 4.23. The number of hydrogen-bond donors (Lipinski definition) is 1. The van der Waals surface area contributed by atoms with Gasteiger partial charge in [0, 0.05) is 0 Å². The molecular formula is C18H30O4. The second-order valence-electron chi connectivity index (χ2n) is 7.60. The van der Waals surface area contributed by atoms with E-state index in [1.54, 1.807) is 0 Å². The Morgan fingerprint density at radius 1 is 1.05 bits per heavy atom. The molecule has 2 fully saturated rings. The highest BCUT2D eigenvalue weighted by Crippen LogP contribution is 2.39. The first kappa shape index (κ1) is 17.3. The van der Waals surface area contributed by atoms with Gasteiger partial charge in [-0.2, -0.15) is 0 Å². The molecule has 4 nitrogen and oxygen atoms in total. The van der Waals surface area contributed by atoms with Gasteiger partial charge < -0.3 is 9.84 Å². The van der Waals surface area contributed by atoms with E-state index in [4.69, 9.17) is 4.74 Å². The highest BCUT2D eigenvalue weighted by molar-refractivity contribution is 5.81. The SMILES string of the molecule is CC(C)CC1(OC(=O)C2CCCCC2C(=O)O)CCCCC1. The number of carboxylic acids is 1. The molecular weight excluding hydrogens is 280 g/mol. The maximum atomic E-state index is 12.7. The van der Waals surface area contributed by atoms with Crippen molar-refractivity contribution in [3.63, 3.8) is 0 Å². The monoisotopic (exact) mass is 310 g/mol. The van der Waals surface area contributed by atoms with Crippen LogP contribution in [0.15, 0.2) is 0 Å². The van der Waals surface area contributed by atoms with Crippen LogP contribution in [0.1, 0.15) is 78.1 Å². The molecule has 2 saturated carbocycles. The van der Waals surface area contributed by atoms with Crippen LogP contribution in [0, 0.1) is 17.8 Å². The second-order valence-corrected chi connectivity index (χ2v) is 7.60. The first-order valence-corrected chi connectivity index (χ1v) is 8.89. The van der Waals surface area contributed by atoms with Crippen molar-refractivity contribution >= 4 is 11.9 Å². The van der Waals surface area contributed by atoms with Crippen LogP contribution in [0.4, 0.5) is 0 Å². The van der Waals surface area contributed by atoms with Gasteiger partial charge in [0.25, 0.3) is 0 Å². The van der Waals surface area contributed by atoms with Gasteiger partial charge >= 0.3 is 11.9 Å². The van der Waals surface area contributed by atoms with E-state index in [0.29, 0.717) is 18.8 Å². The maximum absolute atomic E-state index is 12.7. The van der Waals surface area contributed by atoms with Crippen molar-refractivity contribution in [3.8, 4) is 0 Å². The first-order valence-electron chi connectivity index (χ1n) is 8.89. The number of ether oxygens (including phenoxy) is 1. The Kier molecular flexibility index (Phi) is 5.87. The van der Waals surface area contributed by atoms with E-state index in [9.17, 15) is 14.7 Å². The summed E-state index contributed by atoms with van der Waals surface area (Å²) in [5, 5.41) is 9.37. The molecule has 4 heteroatoms. The van der Waals surface area contributed by atoms with Gasteiger partial charge in [0.2, 0.25) is 0 Å². The van der Waals surface area contributed by atoms with Crippen LogP contribution in [-0.4, -0.2) is 22.6 Å². The summed E-state index contributed by atoms with van der Waals surface area (Å²) < 4.78 is 6.01. The molecule has 2 rings (SSSR count).